The van der Waals surface area contributed by atoms with E-state index in [1.807, 2.05) is 50.2 Å². The van der Waals surface area contributed by atoms with Crippen LogP contribution >= 0.6 is 0 Å². The number of ether oxygens (including phenoxy) is 1. The molecule has 0 radical (unpaired) electrons. The van der Waals surface area contributed by atoms with Gasteiger partial charge in [-0.3, -0.25) is 4.79 Å². The number of amides is 1. The highest BCUT2D eigenvalue weighted by atomic mass is 19.1. The predicted molar refractivity (Wildman–Crippen MR) is 117 cm³/mol. The monoisotopic (exact) mass is 418 g/mol. The SMILES string of the molecule is COc1ccc(-c2ccnc3cc(C(=O)NCC(C)(C)c4cccc(F)c4)nn23)cc1. The van der Waals surface area contributed by atoms with Crippen molar-refractivity contribution in [3.63, 3.8) is 0 Å². The highest BCUT2D eigenvalue weighted by Crippen LogP contribution is 2.24. The van der Waals surface area contributed by atoms with Crippen LogP contribution in [-0.2, 0) is 5.41 Å². The number of methoxy groups -OCH3 is 1. The maximum Gasteiger partial charge on any atom is 0.271 e. The number of carbonyl (C=O) groups excluding carboxylic acids is 1. The van der Waals surface area contributed by atoms with Crippen LogP contribution in [0.2, 0.25) is 0 Å². The summed E-state index contributed by atoms with van der Waals surface area (Å²) >= 11 is 0. The van der Waals surface area contributed by atoms with Crippen LogP contribution in [-0.4, -0.2) is 34.2 Å². The van der Waals surface area contributed by atoms with Gasteiger partial charge in [0.2, 0.25) is 0 Å². The minimum absolute atomic E-state index is 0.267. The predicted octanol–water partition coefficient (Wildman–Crippen LogP) is 4.25. The summed E-state index contributed by atoms with van der Waals surface area (Å²) in [6.07, 6.45) is 1.69. The van der Waals surface area contributed by atoms with Gasteiger partial charge in [-0.05, 0) is 48.0 Å². The third kappa shape index (κ3) is 4.26. The van der Waals surface area contributed by atoms with Gasteiger partial charge in [0.15, 0.2) is 11.3 Å². The van der Waals surface area contributed by atoms with Crippen LogP contribution < -0.4 is 10.1 Å². The fraction of sp³-hybridized carbons (Fsp3) is 0.208. The van der Waals surface area contributed by atoms with Crippen LogP contribution in [0.3, 0.4) is 0 Å². The molecule has 0 aliphatic rings. The fourth-order valence-electron chi connectivity index (χ4n) is 3.39. The molecule has 0 aliphatic carbocycles. The Hall–Kier alpha value is -3.74. The van der Waals surface area contributed by atoms with Crippen molar-refractivity contribution in [2.45, 2.75) is 19.3 Å². The first-order valence-corrected chi connectivity index (χ1v) is 9.91. The molecule has 0 fully saturated rings. The molecule has 0 unspecified atom stereocenters. The first-order chi connectivity index (χ1) is 14.9. The Bertz CT molecular complexity index is 1230. The van der Waals surface area contributed by atoms with Crippen LogP contribution in [0.25, 0.3) is 16.9 Å². The smallest absolute Gasteiger partial charge is 0.271 e. The Kier molecular flexibility index (Phi) is 5.42. The summed E-state index contributed by atoms with van der Waals surface area (Å²) < 4.78 is 20.4. The zero-order chi connectivity index (χ0) is 22.0. The number of nitrogens with one attached hydrogen (secondary N) is 1. The fourth-order valence-corrected chi connectivity index (χ4v) is 3.39. The molecule has 0 aliphatic heterocycles. The molecule has 0 bridgehead atoms. The standard InChI is InChI=1S/C24H23FN4O2/c1-24(2,17-5-4-6-18(25)13-17)15-27-23(30)20-14-22-26-12-11-21(29(22)28-20)16-7-9-19(31-3)10-8-16/h4-14H,15H2,1-3H3,(H,27,30). The molecule has 0 spiro atoms. The van der Waals surface area contributed by atoms with Crippen molar-refractivity contribution in [2.24, 2.45) is 0 Å². The number of aromatic nitrogens is 3. The van der Waals surface area contributed by atoms with Crippen molar-refractivity contribution in [3.05, 3.63) is 83.9 Å². The van der Waals surface area contributed by atoms with Gasteiger partial charge < -0.3 is 10.1 Å². The van der Waals surface area contributed by atoms with E-state index in [4.69, 9.17) is 4.74 Å². The molecule has 6 nitrogen and oxygen atoms in total. The first-order valence-electron chi connectivity index (χ1n) is 9.91. The van der Waals surface area contributed by atoms with Gasteiger partial charge in [0.05, 0.1) is 12.8 Å². The van der Waals surface area contributed by atoms with Gasteiger partial charge in [-0.1, -0.05) is 26.0 Å². The van der Waals surface area contributed by atoms with Gasteiger partial charge in [0.25, 0.3) is 5.91 Å². The summed E-state index contributed by atoms with van der Waals surface area (Å²) in [5.41, 5.74) is 2.95. The lowest BCUT2D eigenvalue weighted by Crippen LogP contribution is -2.36. The Morgan fingerprint density at radius 2 is 1.90 bits per heavy atom. The lowest BCUT2D eigenvalue weighted by atomic mass is 9.84. The summed E-state index contributed by atoms with van der Waals surface area (Å²) in [4.78, 5) is 17.1. The van der Waals surface area contributed by atoms with E-state index in [1.165, 1.54) is 12.1 Å². The molecule has 7 heteroatoms. The van der Waals surface area contributed by atoms with E-state index in [0.717, 1.165) is 22.6 Å². The Morgan fingerprint density at radius 3 is 2.61 bits per heavy atom. The van der Waals surface area contributed by atoms with Crippen molar-refractivity contribution in [1.82, 2.24) is 19.9 Å². The van der Waals surface area contributed by atoms with E-state index in [0.29, 0.717) is 12.2 Å². The van der Waals surface area contributed by atoms with Gasteiger partial charge in [-0.25, -0.2) is 13.9 Å². The van der Waals surface area contributed by atoms with Crippen LogP contribution in [0, 0.1) is 5.82 Å². The number of hydrogen-bond acceptors (Lipinski definition) is 4. The number of rotatable bonds is 6. The highest BCUT2D eigenvalue weighted by Gasteiger charge is 2.23. The van der Waals surface area contributed by atoms with Crippen molar-refractivity contribution < 1.29 is 13.9 Å². The van der Waals surface area contributed by atoms with Crippen molar-refractivity contribution in [2.75, 3.05) is 13.7 Å². The second kappa shape index (κ2) is 8.18. The number of hydrogen-bond donors (Lipinski definition) is 1. The lowest BCUT2D eigenvalue weighted by molar-refractivity contribution is 0.0940. The Balaban J connectivity index is 1.56. The van der Waals surface area contributed by atoms with Crippen LogP contribution in [0.4, 0.5) is 4.39 Å². The third-order valence-corrected chi connectivity index (χ3v) is 5.27. The second-order valence-electron chi connectivity index (χ2n) is 7.94. The summed E-state index contributed by atoms with van der Waals surface area (Å²) in [7, 11) is 1.62. The van der Waals surface area contributed by atoms with Gasteiger partial charge in [0, 0.05) is 29.8 Å². The minimum Gasteiger partial charge on any atom is -0.497 e. The number of benzene rings is 2. The molecule has 31 heavy (non-hydrogen) atoms. The molecule has 2 aromatic carbocycles. The zero-order valence-electron chi connectivity index (χ0n) is 17.6. The number of halogens is 1. The quantitative estimate of drug-likeness (QED) is 0.508. The van der Waals surface area contributed by atoms with Crippen molar-refractivity contribution in [1.29, 1.82) is 0 Å². The molecule has 1 N–H and O–H groups in total. The summed E-state index contributed by atoms with van der Waals surface area (Å²) in [5.74, 6) is 0.153. The topological polar surface area (TPSA) is 68.5 Å². The first kappa shape index (κ1) is 20.5. The van der Waals surface area contributed by atoms with E-state index in [1.54, 1.807) is 30.0 Å². The largest absolute Gasteiger partial charge is 0.497 e. The van der Waals surface area contributed by atoms with E-state index in [-0.39, 0.29) is 17.4 Å². The van der Waals surface area contributed by atoms with E-state index < -0.39 is 5.41 Å². The summed E-state index contributed by atoms with van der Waals surface area (Å²) in [5, 5.41) is 7.38. The molecule has 0 saturated carbocycles. The molecule has 2 heterocycles. The number of nitrogens with zero attached hydrogens (tertiary/aromatic N) is 3. The lowest BCUT2D eigenvalue weighted by Gasteiger charge is -2.25. The maximum absolute atomic E-state index is 13.6. The van der Waals surface area contributed by atoms with E-state index in [9.17, 15) is 9.18 Å². The molecule has 1 amide bonds. The molecule has 0 saturated heterocycles. The molecule has 2 aromatic heterocycles. The van der Waals surface area contributed by atoms with Crippen molar-refractivity contribution in [3.8, 4) is 17.0 Å². The van der Waals surface area contributed by atoms with Gasteiger partial charge in [-0.15, -0.1) is 0 Å². The highest BCUT2D eigenvalue weighted by molar-refractivity contribution is 5.93. The third-order valence-electron chi connectivity index (χ3n) is 5.27. The average Bonchev–Trinajstić information content (AvgIpc) is 3.22. The zero-order valence-corrected chi connectivity index (χ0v) is 17.6. The minimum atomic E-state index is -0.441. The number of carbonyl (C=O) groups is 1. The van der Waals surface area contributed by atoms with Gasteiger partial charge >= 0.3 is 0 Å². The van der Waals surface area contributed by atoms with Gasteiger partial charge in [-0.2, -0.15) is 5.10 Å². The molecule has 4 rings (SSSR count). The van der Waals surface area contributed by atoms with Crippen molar-refractivity contribution >= 4 is 11.6 Å². The normalized spacial score (nSPS) is 11.5. The van der Waals surface area contributed by atoms with Crippen LogP contribution in [0.1, 0.15) is 29.9 Å². The van der Waals surface area contributed by atoms with Gasteiger partial charge in [0.1, 0.15) is 11.6 Å². The summed E-state index contributed by atoms with van der Waals surface area (Å²) in [6, 6.07) is 17.5. The molecular weight excluding hydrogens is 395 g/mol. The van der Waals surface area contributed by atoms with E-state index in [2.05, 4.69) is 15.4 Å². The van der Waals surface area contributed by atoms with Crippen LogP contribution in [0.5, 0.6) is 5.75 Å². The molecule has 4 aromatic rings. The molecule has 0 atom stereocenters. The van der Waals surface area contributed by atoms with E-state index >= 15 is 0 Å². The Morgan fingerprint density at radius 1 is 1.13 bits per heavy atom. The molecule has 158 valence electrons. The number of fused-ring (bicyclic) bond motifs is 1. The summed E-state index contributed by atoms with van der Waals surface area (Å²) in [6.45, 7) is 4.24. The molecular formula is C24H23FN4O2. The average molecular weight is 418 g/mol. The maximum atomic E-state index is 13.6. The second-order valence-corrected chi connectivity index (χ2v) is 7.94. The Labute approximate surface area is 179 Å². The van der Waals surface area contributed by atoms with Crippen LogP contribution in [0.15, 0.2) is 66.9 Å².